The summed E-state index contributed by atoms with van der Waals surface area (Å²) in [5, 5.41) is 2.92. The fourth-order valence-electron chi connectivity index (χ4n) is 2.64. The molecule has 0 saturated heterocycles. The van der Waals surface area contributed by atoms with E-state index in [0.29, 0.717) is 23.6 Å². The van der Waals surface area contributed by atoms with Gasteiger partial charge in [0.15, 0.2) is 0 Å². The van der Waals surface area contributed by atoms with Gasteiger partial charge in [-0.05, 0) is 38.1 Å². The molecule has 0 spiro atoms. The Morgan fingerprint density at radius 2 is 2.22 bits per heavy atom. The molecular weight excluding hydrogens is 358 g/mol. The van der Waals surface area contributed by atoms with Gasteiger partial charge in [0.2, 0.25) is 0 Å². The van der Waals surface area contributed by atoms with E-state index in [1.807, 2.05) is 38.1 Å². The average molecular weight is 376 g/mol. The maximum atomic E-state index is 12.5. The number of halogens is 1. The molecule has 1 N–H and O–H groups in total. The first-order chi connectivity index (χ1) is 11.1. The summed E-state index contributed by atoms with van der Waals surface area (Å²) in [6.45, 7) is 4.49. The van der Waals surface area contributed by atoms with Crippen molar-refractivity contribution in [2.24, 2.45) is 0 Å². The SMILES string of the molecule is CCOc1cc2c(cc1NC(=O)c1cccc(Br)c1)O[C@H](C)C2. The van der Waals surface area contributed by atoms with Crippen LogP contribution < -0.4 is 14.8 Å². The molecule has 1 amide bonds. The van der Waals surface area contributed by atoms with Gasteiger partial charge in [-0.15, -0.1) is 0 Å². The van der Waals surface area contributed by atoms with Crippen LogP contribution in [0.2, 0.25) is 0 Å². The van der Waals surface area contributed by atoms with Gasteiger partial charge in [0.25, 0.3) is 5.91 Å². The van der Waals surface area contributed by atoms with Gasteiger partial charge >= 0.3 is 0 Å². The van der Waals surface area contributed by atoms with E-state index in [2.05, 4.69) is 21.2 Å². The van der Waals surface area contributed by atoms with E-state index in [0.717, 1.165) is 22.2 Å². The van der Waals surface area contributed by atoms with Crippen LogP contribution in [-0.4, -0.2) is 18.6 Å². The highest BCUT2D eigenvalue weighted by Gasteiger charge is 2.22. The summed E-state index contributed by atoms with van der Waals surface area (Å²) in [7, 11) is 0. The summed E-state index contributed by atoms with van der Waals surface area (Å²) in [5.74, 6) is 1.30. The Kier molecular flexibility index (Phi) is 4.57. The number of carbonyl (C=O) groups excluding carboxylic acids is 1. The molecule has 2 aromatic carbocycles. The van der Waals surface area contributed by atoms with Crippen molar-refractivity contribution in [2.45, 2.75) is 26.4 Å². The third-order valence-electron chi connectivity index (χ3n) is 3.63. The molecule has 1 atom stereocenters. The zero-order chi connectivity index (χ0) is 16.4. The van der Waals surface area contributed by atoms with Gasteiger partial charge in [-0.3, -0.25) is 4.79 Å². The molecule has 23 heavy (non-hydrogen) atoms. The molecule has 0 bridgehead atoms. The first-order valence-electron chi connectivity index (χ1n) is 7.60. The molecule has 0 unspecified atom stereocenters. The van der Waals surface area contributed by atoms with E-state index in [1.165, 1.54) is 0 Å². The molecule has 2 aromatic rings. The van der Waals surface area contributed by atoms with Gasteiger partial charge in [-0.2, -0.15) is 0 Å². The van der Waals surface area contributed by atoms with E-state index in [4.69, 9.17) is 9.47 Å². The van der Waals surface area contributed by atoms with E-state index in [1.54, 1.807) is 12.1 Å². The summed E-state index contributed by atoms with van der Waals surface area (Å²) in [4.78, 5) is 12.5. The minimum Gasteiger partial charge on any atom is -0.492 e. The van der Waals surface area contributed by atoms with Crippen molar-refractivity contribution in [3.05, 3.63) is 52.0 Å². The second kappa shape index (κ2) is 6.62. The van der Waals surface area contributed by atoms with Crippen molar-refractivity contribution < 1.29 is 14.3 Å². The van der Waals surface area contributed by atoms with E-state index < -0.39 is 0 Å². The normalized spacial score (nSPS) is 15.7. The molecule has 1 heterocycles. The number of fused-ring (bicyclic) bond motifs is 1. The predicted molar refractivity (Wildman–Crippen MR) is 93.5 cm³/mol. The predicted octanol–water partition coefficient (Wildman–Crippen LogP) is 4.42. The van der Waals surface area contributed by atoms with Gasteiger partial charge in [-0.25, -0.2) is 0 Å². The van der Waals surface area contributed by atoms with Crippen molar-refractivity contribution in [3.8, 4) is 11.5 Å². The standard InChI is InChI=1S/C18H18BrNO3/c1-3-22-17-9-13-7-11(2)23-16(13)10-15(17)20-18(21)12-5-4-6-14(19)8-12/h4-6,8-11H,3,7H2,1-2H3,(H,20,21)/t11-/m1/s1. The summed E-state index contributed by atoms with van der Waals surface area (Å²) in [5.41, 5.74) is 2.32. The van der Waals surface area contributed by atoms with E-state index in [-0.39, 0.29) is 12.0 Å². The third kappa shape index (κ3) is 3.50. The zero-order valence-electron chi connectivity index (χ0n) is 13.1. The molecule has 3 rings (SSSR count). The first-order valence-corrected chi connectivity index (χ1v) is 8.39. The maximum Gasteiger partial charge on any atom is 0.255 e. The molecule has 5 heteroatoms. The molecule has 0 fully saturated rings. The molecular formula is C18H18BrNO3. The maximum absolute atomic E-state index is 12.5. The monoisotopic (exact) mass is 375 g/mol. The Hall–Kier alpha value is -2.01. The lowest BCUT2D eigenvalue weighted by Gasteiger charge is -2.13. The Labute approximate surface area is 143 Å². The first kappa shape index (κ1) is 15.9. The van der Waals surface area contributed by atoms with Crippen molar-refractivity contribution in [2.75, 3.05) is 11.9 Å². The molecule has 120 valence electrons. The largest absolute Gasteiger partial charge is 0.492 e. The topological polar surface area (TPSA) is 47.6 Å². The van der Waals surface area contributed by atoms with Gasteiger partial charge < -0.3 is 14.8 Å². The van der Waals surface area contributed by atoms with E-state index in [9.17, 15) is 4.79 Å². The summed E-state index contributed by atoms with van der Waals surface area (Å²) in [6.07, 6.45) is 1.01. The van der Waals surface area contributed by atoms with Crippen LogP contribution in [0.1, 0.15) is 29.8 Å². The highest BCUT2D eigenvalue weighted by atomic mass is 79.9. The van der Waals surface area contributed by atoms with Crippen molar-refractivity contribution >= 4 is 27.5 Å². The van der Waals surface area contributed by atoms with Crippen LogP contribution in [-0.2, 0) is 6.42 Å². The molecule has 0 aromatic heterocycles. The summed E-state index contributed by atoms with van der Waals surface area (Å²) in [6, 6.07) is 11.1. The molecule has 0 aliphatic carbocycles. The number of carbonyl (C=O) groups is 1. The van der Waals surface area contributed by atoms with Crippen LogP contribution in [0.5, 0.6) is 11.5 Å². The van der Waals surface area contributed by atoms with Crippen molar-refractivity contribution in [1.29, 1.82) is 0 Å². The van der Waals surface area contributed by atoms with Gasteiger partial charge in [-0.1, -0.05) is 22.0 Å². The fraction of sp³-hybridized carbons (Fsp3) is 0.278. The highest BCUT2D eigenvalue weighted by molar-refractivity contribution is 9.10. The lowest BCUT2D eigenvalue weighted by molar-refractivity contribution is 0.102. The minimum absolute atomic E-state index is 0.149. The van der Waals surface area contributed by atoms with Crippen LogP contribution in [0.3, 0.4) is 0 Å². The number of ether oxygens (including phenoxy) is 2. The van der Waals surface area contributed by atoms with Crippen LogP contribution in [0.4, 0.5) is 5.69 Å². The van der Waals surface area contributed by atoms with Gasteiger partial charge in [0.1, 0.15) is 17.6 Å². The third-order valence-corrected chi connectivity index (χ3v) is 4.13. The Balaban J connectivity index is 1.89. The van der Waals surface area contributed by atoms with E-state index >= 15 is 0 Å². The van der Waals surface area contributed by atoms with Crippen LogP contribution in [0.25, 0.3) is 0 Å². The molecule has 1 aliphatic rings. The number of benzene rings is 2. The molecule has 0 radical (unpaired) electrons. The zero-order valence-corrected chi connectivity index (χ0v) is 14.6. The van der Waals surface area contributed by atoms with Crippen molar-refractivity contribution in [1.82, 2.24) is 0 Å². The Bertz CT molecular complexity index is 745. The molecule has 4 nitrogen and oxygen atoms in total. The smallest absolute Gasteiger partial charge is 0.255 e. The number of hydrogen-bond donors (Lipinski definition) is 1. The van der Waals surface area contributed by atoms with Crippen LogP contribution in [0, 0.1) is 0 Å². The number of anilines is 1. The lowest BCUT2D eigenvalue weighted by Crippen LogP contribution is -2.13. The van der Waals surface area contributed by atoms with Crippen LogP contribution >= 0.6 is 15.9 Å². The number of rotatable bonds is 4. The van der Waals surface area contributed by atoms with Crippen LogP contribution in [0.15, 0.2) is 40.9 Å². The Morgan fingerprint density at radius 3 is 2.96 bits per heavy atom. The second-order valence-electron chi connectivity index (χ2n) is 5.49. The molecule has 1 aliphatic heterocycles. The summed E-state index contributed by atoms with van der Waals surface area (Å²) >= 11 is 3.38. The molecule has 0 saturated carbocycles. The highest BCUT2D eigenvalue weighted by Crippen LogP contribution is 2.38. The number of nitrogens with one attached hydrogen (secondary N) is 1. The minimum atomic E-state index is -0.182. The average Bonchev–Trinajstić information content (AvgIpc) is 2.87. The van der Waals surface area contributed by atoms with Gasteiger partial charge in [0.05, 0.1) is 12.3 Å². The second-order valence-corrected chi connectivity index (χ2v) is 6.40. The quantitative estimate of drug-likeness (QED) is 0.859. The van der Waals surface area contributed by atoms with Crippen molar-refractivity contribution in [3.63, 3.8) is 0 Å². The number of hydrogen-bond acceptors (Lipinski definition) is 3. The lowest BCUT2D eigenvalue weighted by atomic mass is 10.1. The Morgan fingerprint density at radius 1 is 1.39 bits per heavy atom. The number of amides is 1. The summed E-state index contributed by atoms with van der Waals surface area (Å²) < 4.78 is 12.3. The van der Waals surface area contributed by atoms with Gasteiger partial charge in [0, 0.05) is 28.1 Å². The fourth-order valence-corrected chi connectivity index (χ4v) is 3.04.